The highest BCUT2D eigenvalue weighted by atomic mass is 16.2. The number of pyridine rings is 1. The topological polar surface area (TPSA) is 85.1 Å². The van der Waals surface area contributed by atoms with Crippen molar-refractivity contribution >= 4 is 22.7 Å². The van der Waals surface area contributed by atoms with Crippen molar-refractivity contribution in [1.29, 1.82) is 0 Å². The molecule has 0 saturated heterocycles. The second kappa shape index (κ2) is 7.36. The Morgan fingerprint density at radius 2 is 2.14 bits per heavy atom. The predicted octanol–water partition coefficient (Wildman–Crippen LogP) is 2.17. The Bertz CT molecular complexity index is 697. The highest BCUT2D eigenvalue weighted by Gasteiger charge is 2.18. The number of carbonyl (C=O) groups is 2. The Kier molecular flexibility index (Phi) is 5.25. The third-order valence-electron chi connectivity index (χ3n) is 3.40. The average molecular weight is 297 g/mol. The molecule has 2 rings (SSSR count). The van der Waals surface area contributed by atoms with Crippen LogP contribution in [0.15, 0.2) is 49.2 Å². The molecule has 5 nitrogen and oxygen atoms in total. The lowest BCUT2D eigenvalue weighted by molar-refractivity contribution is -0.120. The van der Waals surface area contributed by atoms with Gasteiger partial charge in [-0.05, 0) is 31.4 Å². The van der Waals surface area contributed by atoms with Gasteiger partial charge in [0.05, 0.1) is 11.1 Å². The second-order valence-corrected chi connectivity index (χ2v) is 5.06. The standard InChI is InChI=1S/C17H19N3O2/c1-2-3-4-9-15(16(18)21)20-17(22)13-10-12-7-5-6-8-14(12)19-11-13/h2,5-8,10-11,15H,1,3-4,9H2,(H2,18,21)(H,20,22)/t15-/m1/s1. The molecular weight excluding hydrogens is 278 g/mol. The molecule has 0 radical (unpaired) electrons. The van der Waals surface area contributed by atoms with Crippen LogP contribution in [0, 0.1) is 0 Å². The first-order chi connectivity index (χ1) is 10.6. The molecule has 2 amide bonds. The quantitative estimate of drug-likeness (QED) is 0.606. The predicted molar refractivity (Wildman–Crippen MR) is 86.2 cm³/mol. The van der Waals surface area contributed by atoms with Crippen molar-refractivity contribution in [2.75, 3.05) is 0 Å². The number of allylic oxidation sites excluding steroid dienone is 1. The lowest BCUT2D eigenvalue weighted by Crippen LogP contribution is -2.44. The van der Waals surface area contributed by atoms with Crippen molar-refractivity contribution in [2.45, 2.75) is 25.3 Å². The number of nitrogens with one attached hydrogen (secondary N) is 1. The molecule has 2 aromatic rings. The van der Waals surface area contributed by atoms with Crippen LogP contribution in [-0.2, 0) is 4.79 Å². The summed E-state index contributed by atoms with van der Waals surface area (Å²) < 4.78 is 0. The van der Waals surface area contributed by atoms with Gasteiger partial charge in [-0.15, -0.1) is 6.58 Å². The first kappa shape index (κ1) is 15.7. The lowest BCUT2D eigenvalue weighted by atomic mass is 10.1. The fraction of sp³-hybridized carbons (Fsp3) is 0.235. The Morgan fingerprint density at radius 1 is 1.36 bits per heavy atom. The third-order valence-corrected chi connectivity index (χ3v) is 3.40. The van der Waals surface area contributed by atoms with Gasteiger partial charge in [-0.2, -0.15) is 0 Å². The Balaban J connectivity index is 2.10. The summed E-state index contributed by atoms with van der Waals surface area (Å²) in [5.74, 6) is -0.883. The van der Waals surface area contributed by atoms with E-state index in [-0.39, 0.29) is 5.91 Å². The van der Waals surface area contributed by atoms with Gasteiger partial charge >= 0.3 is 0 Å². The van der Waals surface area contributed by atoms with E-state index in [9.17, 15) is 9.59 Å². The van der Waals surface area contributed by atoms with Gasteiger partial charge in [-0.25, -0.2) is 0 Å². The minimum absolute atomic E-state index is 0.347. The summed E-state index contributed by atoms with van der Waals surface area (Å²) in [6.07, 6.45) is 5.28. The van der Waals surface area contributed by atoms with E-state index in [4.69, 9.17) is 5.73 Å². The molecular formula is C17H19N3O2. The van der Waals surface area contributed by atoms with Crippen LogP contribution in [0.2, 0.25) is 0 Å². The van der Waals surface area contributed by atoms with Crippen molar-refractivity contribution < 1.29 is 9.59 Å². The number of primary amides is 1. The zero-order valence-corrected chi connectivity index (χ0v) is 12.3. The van der Waals surface area contributed by atoms with Crippen molar-refractivity contribution in [1.82, 2.24) is 10.3 Å². The summed E-state index contributed by atoms with van der Waals surface area (Å²) in [4.78, 5) is 27.9. The molecule has 0 aliphatic heterocycles. The molecule has 0 saturated carbocycles. The molecule has 1 heterocycles. The van der Waals surface area contributed by atoms with E-state index < -0.39 is 11.9 Å². The summed E-state index contributed by atoms with van der Waals surface area (Å²) in [6, 6.07) is 8.59. The van der Waals surface area contributed by atoms with Crippen LogP contribution in [0.25, 0.3) is 10.9 Å². The number of carbonyl (C=O) groups excluding carboxylic acids is 2. The molecule has 22 heavy (non-hydrogen) atoms. The van der Waals surface area contributed by atoms with E-state index >= 15 is 0 Å². The van der Waals surface area contributed by atoms with Gasteiger partial charge in [0.1, 0.15) is 6.04 Å². The zero-order valence-electron chi connectivity index (χ0n) is 12.3. The molecule has 0 bridgehead atoms. The number of hydrogen-bond donors (Lipinski definition) is 2. The van der Waals surface area contributed by atoms with E-state index in [1.807, 2.05) is 24.3 Å². The van der Waals surface area contributed by atoms with Gasteiger partial charge in [0.15, 0.2) is 0 Å². The van der Waals surface area contributed by atoms with Gasteiger partial charge in [0.2, 0.25) is 5.91 Å². The SMILES string of the molecule is C=CCCC[C@@H](NC(=O)c1cnc2ccccc2c1)C(N)=O. The maximum atomic E-state index is 12.3. The van der Waals surface area contributed by atoms with Gasteiger partial charge in [-0.1, -0.05) is 24.3 Å². The number of hydrogen-bond acceptors (Lipinski definition) is 3. The molecule has 0 unspecified atom stereocenters. The number of nitrogens with two attached hydrogens (primary N) is 1. The molecule has 0 aliphatic rings. The minimum Gasteiger partial charge on any atom is -0.368 e. The third kappa shape index (κ3) is 3.91. The number of unbranched alkanes of at least 4 members (excludes halogenated alkanes) is 1. The molecule has 1 atom stereocenters. The van der Waals surface area contributed by atoms with Gasteiger partial charge in [0, 0.05) is 11.6 Å². The fourth-order valence-electron chi connectivity index (χ4n) is 2.19. The van der Waals surface area contributed by atoms with Crippen LogP contribution in [0.4, 0.5) is 0 Å². The fourth-order valence-corrected chi connectivity index (χ4v) is 2.19. The average Bonchev–Trinajstić information content (AvgIpc) is 2.53. The number of para-hydroxylation sites is 1. The van der Waals surface area contributed by atoms with Crippen molar-refractivity contribution in [3.63, 3.8) is 0 Å². The maximum absolute atomic E-state index is 12.3. The van der Waals surface area contributed by atoms with Gasteiger partial charge in [-0.3, -0.25) is 14.6 Å². The van der Waals surface area contributed by atoms with Crippen LogP contribution in [-0.4, -0.2) is 22.8 Å². The Morgan fingerprint density at radius 3 is 2.86 bits per heavy atom. The Hall–Kier alpha value is -2.69. The number of fused-ring (bicyclic) bond motifs is 1. The Labute approximate surface area is 129 Å². The number of rotatable bonds is 7. The number of nitrogens with zero attached hydrogens (tertiary/aromatic N) is 1. The van der Waals surface area contributed by atoms with Crippen LogP contribution in [0.1, 0.15) is 29.6 Å². The van der Waals surface area contributed by atoms with Crippen molar-refractivity contribution in [3.05, 3.63) is 54.7 Å². The molecule has 0 spiro atoms. The monoisotopic (exact) mass is 297 g/mol. The summed E-state index contributed by atoms with van der Waals surface area (Å²) in [5.41, 5.74) is 6.57. The second-order valence-electron chi connectivity index (χ2n) is 5.06. The zero-order chi connectivity index (χ0) is 15.9. The normalized spacial score (nSPS) is 11.8. The molecule has 114 valence electrons. The van der Waals surface area contributed by atoms with Crippen molar-refractivity contribution in [3.8, 4) is 0 Å². The van der Waals surface area contributed by atoms with Crippen LogP contribution in [0.3, 0.4) is 0 Å². The van der Waals surface area contributed by atoms with E-state index in [1.165, 1.54) is 6.20 Å². The lowest BCUT2D eigenvalue weighted by Gasteiger charge is -2.15. The molecule has 0 fully saturated rings. The minimum atomic E-state index is -0.682. The van der Waals surface area contributed by atoms with E-state index in [2.05, 4.69) is 16.9 Å². The summed E-state index contributed by atoms with van der Waals surface area (Å²) in [6.45, 7) is 3.63. The number of amides is 2. The summed E-state index contributed by atoms with van der Waals surface area (Å²) in [5, 5.41) is 3.54. The first-order valence-corrected chi connectivity index (χ1v) is 7.17. The van der Waals surface area contributed by atoms with Crippen LogP contribution in [0.5, 0.6) is 0 Å². The molecule has 1 aromatic heterocycles. The van der Waals surface area contributed by atoms with Gasteiger partial charge < -0.3 is 11.1 Å². The first-order valence-electron chi connectivity index (χ1n) is 7.17. The molecule has 0 aliphatic carbocycles. The van der Waals surface area contributed by atoms with Crippen LogP contribution >= 0.6 is 0 Å². The highest BCUT2D eigenvalue weighted by Crippen LogP contribution is 2.13. The van der Waals surface area contributed by atoms with Crippen molar-refractivity contribution in [2.24, 2.45) is 5.73 Å². The van der Waals surface area contributed by atoms with Crippen LogP contribution < -0.4 is 11.1 Å². The summed E-state index contributed by atoms with van der Waals surface area (Å²) in [7, 11) is 0. The summed E-state index contributed by atoms with van der Waals surface area (Å²) >= 11 is 0. The van der Waals surface area contributed by atoms with E-state index in [1.54, 1.807) is 12.1 Å². The van der Waals surface area contributed by atoms with E-state index in [0.29, 0.717) is 12.0 Å². The molecule has 3 N–H and O–H groups in total. The smallest absolute Gasteiger partial charge is 0.253 e. The number of benzene rings is 1. The van der Waals surface area contributed by atoms with E-state index in [0.717, 1.165) is 23.7 Å². The largest absolute Gasteiger partial charge is 0.368 e. The highest BCUT2D eigenvalue weighted by molar-refractivity contribution is 5.99. The number of aromatic nitrogens is 1. The molecule has 1 aromatic carbocycles. The molecule has 5 heteroatoms. The maximum Gasteiger partial charge on any atom is 0.253 e. The van der Waals surface area contributed by atoms with Gasteiger partial charge in [0.25, 0.3) is 5.91 Å².